The zero-order valence-electron chi connectivity index (χ0n) is 8.71. The van der Waals surface area contributed by atoms with Crippen molar-refractivity contribution in [2.75, 3.05) is 0 Å². The molecule has 0 aliphatic heterocycles. The second kappa shape index (κ2) is 4.77. The largest absolute Gasteiger partial charge is 0.323 e. The lowest BCUT2D eigenvalue weighted by atomic mass is 10.0. The van der Waals surface area contributed by atoms with Crippen LogP contribution in [0.15, 0.2) is 12.1 Å². The third kappa shape index (κ3) is 3.49. The number of hydrogen-bond acceptors (Lipinski definition) is 2. The molecule has 0 aliphatic rings. The van der Waals surface area contributed by atoms with E-state index in [0.29, 0.717) is 0 Å². The van der Waals surface area contributed by atoms with Crippen LogP contribution in [0.2, 0.25) is 0 Å². The van der Waals surface area contributed by atoms with Crippen molar-refractivity contribution < 1.29 is 0 Å². The van der Waals surface area contributed by atoms with E-state index in [1.54, 1.807) is 0 Å². The molecule has 0 saturated heterocycles. The molecule has 2 N–H and O–H groups in total. The van der Waals surface area contributed by atoms with E-state index >= 15 is 0 Å². The van der Waals surface area contributed by atoms with Crippen LogP contribution in [0, 0.1) is 12.8 Å². The molecule has 0 fully saturated rings. The van der Waals surface area contributed by atoms with Gasteiger partial charge in [0.25, 0.3) is 0 Å². The molecule has 0 spiro atoms. The standard InChI is InChI=1S/C11H19NS/c1-8(2)4-6-10(12)11-7-5-9(3)13-11/h5,7-8,10H,4,6,12H2,1-3H3. The maximum atomic E-state index is 6.07. The first-order chi connectivity index (χ1) is 6.09. The second-order valence-electron chi connectivity index (χ2n) is 4.03. The third-order valence-electron chi connectivity index (χ3n) is 2.18. The van der Waals surface area contributed by atoms with Gasteiger partial charge in [-0.3, -0.25) is 0 Å². The van der Waals surface area contributed by atoms with Gasteiger partial charge in [0.15, 0.2) is 0 Å². The zero-order chi connectivity index (χ0) is 9.84. The van der Waals surface area contributed by atoms with Gasteiger partial charge in [-0.15, -0.1) is 11.3 Å². The highest BCUT2D eigenvalue weighted by molar-refractivity contribution is 7.12. The minimum atomic E-state index is 0.251. The number of nitrogens with two attached hydrogens (primary N) is 1. The number of rotatable bonds is 4. The van der Waals surface area contributed by atoms with Gasteiger partial charge in [-0.05, 0) is 37.8 Å². The lowest BCUT2D eigenvalue weighted by Gasteiger charge is -2.10. The van der Waals surface area contributed by atoms with Crippen LogP contribution in [0.25, 0.3) is 0 Å². The van der Waals surface area contributed by atoms with E-state index in [0.717, 1.165) is 12.3 Å². The maximum Gasteiger partial charge on any atom is 0.0389 e. The fraction of sp³-hybridized carbons (Fsp3) is 0.636. The van der Waals surface area contributed by atoms with Crippen LogP contribution in [-0.2, 0) is 0 Å². The van der Waals surface area contributed by atoms with Crippen molar-refractivity contribution in [2.45, 2.75) is 39.7 Å². The molecule has 0 amide bonds. The summed E-state index contributed by atoms with van der Waals surface area (Å²) in [7, 11) is 0. The van der Waals surface area contributed by atoms with Gasteiger partial charge in [0.05, 0.1) is 0 Å². The third-order valence-corrected chi connectivity index (χ3v) is 3.31. The SMILES string of the molecule is Cc1ccc(C(N)CCC(C)C)s1. The average Bonchev–Trinajstić information content (AvgIpc) is 2.47. The van der Waals surface area contributed by atoms with E-state index in [2.05, 4.69) is 32.9 Å². The van der Waals surface area contributed by atoms with E-state index in [1.165, 1.54) is 16.2 Å². The molecule has 0 aromatic carbocycles. The quantitative estimate of drug-likeness (QED) is 0.785. The van der Waals surface area contributed by atoms with Crippen LogP contribution in [0.1, 0.15) is 42.5 Å². The summed E-state index contributed by atoms with van der Waals surface area (Å²) in [4.78, 5) is 2.69. The van der Waals surface area contributed by atoms with Gasteiger partial charge in [-0.25, -0.2) is 0 Å². The number of thiophene rings is 1. The molecule has 1 aromatic heterocycles. The summed E-state index contributed by atoms with van der Waals surface area (Å²) in [6, 6.07) is 4.56. The highest BCUT2D eigenvalue weighted by atomic mass is 32.1. The molecule has 0 bridgehead atoms. The first-order valence-electron chi connectivity index (χ1n) is 4.91. The predicted molar refractivity (Wildman–Crippen MR) is 60.1 cm³/mol. The van der Waals surface area contributed by atoms with Crippen LogP contribution in [0.4, 0.5) is 0 Å². The minimum Gasteiger partial charge on any atom is -0.323 e. The van der Waals surface area contributed by atoms with E-state index in [-0.39, 0.29) is 6.04 Å². The molecule has 1 atom stereocenters. The van der Waals surface area contributed by atoms with Gasteiger partial charge < -0.3 is 5.73 Å². The molecular formula is C11H19NS. The lowest BCUT2D eigenvalue weighted by molar-refractivity contribution is 0.510. The Morgan fingerprint density at radius 1 is 1.31 bits per heavy atom. The summed E-state index contributed by atoms with van der Waals surface area (Å²) >= 11 is 1.82. The van der Waals surface area contributed by atoms with Crippen molar-refractivity contribution in [1.29, 1.82) is 0 Å². The van der Waals surface area contributed by atoms with Gasteiger partial charge in [0.1, 0.15) is 0 Å². The van der Waals surface area contributed by atoms with Crippen molar-refractivity contribution in [1.82, 2.24) is 0 Å². The molecule has 0 saturated carbocycles. The first kappa shape index (κ1) is 10.7. The van der Waals surface area contributed by atoms with Gasteiger partial charge >= 0.3 is 0 Å². The van der Waals surface area contributed by atoms with Crippen molar-refractivity contribution in [3.63, 3.8) is 0 Å². The molecule has 1 heterocycles. The summed E-state index contributed by atoms with van der Waals surface area (Å²) in [6.45, 7) is 6.61. The highest BCUT2D eigenvalue weighted by Crippen LogP contribution is 2.25. The Kier molecular flexibility index (Phi) is 3.94. The topological polar surface area (TPSA) is 26.0 Å². The smallest absolute Gasteiger partial charge is 0.0389 e. The maximum absolute atomic E-state index is 6.07. The van der Waals surface area contributed by atoms with Crippen molar-refractivity contribution in [2.24, 2.45) is 11.7 Å². The van der Waals surface area contributed by atoms with E-state index in [4.69, 9.17) is 5.73 Å². The normalized spacial score (nSPS) is 13.6. The van der Waals surface area contributed by atoms with Crippen molar-refractivity contribution in [3.05, 3.63) is 21.9 Å². The summed E-state index contributed by atoms with van der Waals surface area (Å²) in [6.07, 6.45) is 2.33. The van der Waals surface area contributed by atoms with Gasteiger partial charge in [-0.2, -0.15) is 0 Å². The van der Waals surface area contributed by atoms with Crippen molar-refractivity contribution in [3.8, 4) is 0 Å². The Morgan fingerprint density at radius 2 is 2.00 bits per heavy atom. The predicted octanol–water partition coefficient (Wildman–Crippen LogP) is 3.49. The van der Waals surface area contributed by atoms with Crippen LogP contribution in [0.5, 0.6) is 0 Å². The van der Waals surface area contributed by atoms with Crippen molar-refractivity contribution >= 4 is 11.3 Å². The molecule has 1 unspecified atom stereocenters. The molecular weight excluding hydrogens is 178 g/mol. The molecule has 13 heavy (non-hydrogen) atoms. The van der Waals surface area contributed by atoms with E-state index in [1.807, 2.05) is 11.3 Å². The number of aryl methyl sites for hydroxylation is 1. The first-order valence-corrected chi connectivity index (χ1v) is 5.73. The molecule has 0 radical (unpaired) electrons. The Balaban J connectivity index is 2.44. The Bertz CT molecular complexity index is 252. The van der Waals surface area contributed by atoms with Gasteiger partial charge in [-0.1, -0.05) is 13.8 Å². The van der Waals surface area contributed by atoms with E-state index in [9.17, 15) is 0 Å². The Morgan fingerprint density at radius 3 is 2.46 bits per heavy atom. The van der Waals surface area contributed by atoms with Gasteiger partial charge in [0.2, 0.25) is 0 Å². The monoisotopic (exact) mass is 197 g/mol. The molecule has 0 aliphatic carbocycles. The highest BCUT2D eigenvalue weighted by Gasteiger charge is 2.08. The summed E-state index contributed by atoms with van der Waals surface area (Å²) in [5.41, 5.74) is 6.07. The number of hydrogen-bond donors (Lipinski definition) is 1. The van der Waals surface area contributed by atoms with Crippen LogP contribution in [-0.4, -0.2) is 0 Å². The van der Waals surface area contributed by atoms with Crippen LogP contribution < -0.4 is 5.73 Å². The lowest BCUT2D eigenvalue weighted by Crippen LogP contribution is -2.09. The Labute approximate surface area is 85.0 Å². The van der Waals surface area contributed by atoms with Crippen LogP contribution >= 0.6 is 11.3 Å². The summed E-state index contributed by atoms with van der Waals surface area (Å²) in [5, 5.41) is 0. The average molecular weight is 197 g/mol. The van der Waals surface area contributed by atoms with Crippen LogP contribution in [0.3, 0.4) is 0 Å². The minimum absolute atomic E-state index is 0.251. The molecule has 1 rings (SSSR count). The Hall–Kier alpha value is -0.340. The molecule has 1 aromatic rings. The zero-order valence-corrected chi connectivity index (χ0v) is 9.53. The summed E-state index contributed by atoms with van der Waals surface area (Å²) in [5.74, 6) is 0.757. The fourth-order valence-corrected chi connectivity index (χ4v) is 2.22. The molecule has 2 heteroatoms. The fourth-order valence-electron chi connectivity index (χ4n) is 1.31. The molecule has 1 nitrogen and oxygen atoms in total. The molecule has 74 valence electrons. The van der Waals surface area contributed by atoms with Gasteiger partial charge in [0, 0.05) is 15.8 Å². The van der Waals surface area contributed by atoms with E-state index < -0.39 is 0 Å². The second-order valence-corrected chi connectivity index (χ2v) is 5.35. The summed E-state index contributed by atoms with van der Waals surface area (Å²) < 4.78 is 0.